The molecule has 9 heteroatoms. The first-order valence-electron chi connectivity index (χ1n) is 10.3. The maximum absolute atomic E-state index is 12.6. The summed E-state index contributed by atoms with van der Waals surface area (Å²) < 4.78 is 20.7. The van der Waals surface area contributed by atoms with E-state index in [4.69, 9.17) is 18.9 Å². The van der Waals surface area contributed by atoms with Crippen molar-refractivity contribution in [2.24, 2.45) is 0 Å². The molecule has 0 aromatic heterocycles. The quantitative estimate of drug-likeness (QED) is 0.594. The van der Waals surface area contributed by atoms with Crippen LogP contribution in [-0.4, -0.2) is 55.8 Å². The third-order valence-electron chi connectivity index (χ3n) is 5.20. The van der Waals surface area contributed by atoms with Crippen LogP contribution in [-0.2, 0) is 20.9 Å². The standard InChI is InChI=1S/C23H24N2O7/c1-29-18-7-2-15(3-8-18)12-25(17-5-6-17)21(26)13-30-22(27)11-24-23(28)16-4-9-19-20(10-16)32-14-31-19/h2-4,7-10,17H,5-6,11-14H2,1H3,(H,24,28). The van der Waals surface area contributed by atoms with E-state index in [0.717, 1.165) is 24.2 Å². The van der Waals surface area contributed by atoms with Crippen molar-refractivity contribution in [1.29, 1.82) is 0 Å². The Bertz CT molecular complexity index is 1000. The third-order valence-corrected chi connectivity index (χ3v) is 5.20. The van der Waals surface area contributed by atoms with Crippen molar-refractivity contribution in [3.63, 3.8) is 0 Å². The number of ether oxygens (including phenoxy) is 4. The molecule has 1 aliphatic carbocycles. The number of nitrogens with zero attached hydrogens (tertiary/aromatic N) is 1. The molecular weight excluding hydrogens is 416 g/mol. The number of fused-ring (bicyclic) bond motifs is 1. The Labute approximate surface area is 185 Å². The number of amides is 2. The molecule has 168 valence electrons. The van der Waals surface area contributed by atoms with Crippen LogP contribution in [0.2, 0.25) is 0 Å². The molecule has 1 N–H and O–H groups in total. The summed E-state index contributed by atoms with van der Waals surface area (Å²) in [7, 11) is 1.60. The van der Waals surface area contributed by atoms with Crippen LogP contribution in [0.25, 0.3) is 0 Å². The summed E-state index contributed by atoms with van der Waals surface area (Å²) >= 11 is 0. The molecule has 0 spiro atoms. The van der Waals surface area contributed by atoms with Crippen molar-refractivity contribution < 1.29 is 33.3 Å². The van der Waals surface area contributed by atoms with Gasteiger partial charge in [0.1, 0.15) is 12.3 Å². The van der Waals surface area contributed by atoms with Gasteiger partial charge in [-0.25, -0.2) is 0 Å². The highest BCUT2D eigenvalue weighted by atomic mass is 16.7. The highest BCUT2D eigenvalue weighted by Gasteiger charge is 2.33. The molecule has 0 bridgehead atoms. The lowest BCUT2D eigenvalue weighted by atomic mass is 10.2. The van der Waals surface area contributed by atoms with Crippen LogP contribution in [0.1, 0.15) is 28.8 Å². The van der Waals surface area contributed by atoms with E-state index in [0.29, 0.717) is 23.6 Å². The molecule has 32 heavy (non-hydrogen) atoms. The van der Waals surface area contributed by atoms with E-state index >= 15 is 0 Å². The van der Waals surface area contributed by atoms with E-state index in [1.165, 1.54) is 0 Å². The minimum atomic E-state index is -0.687. The number of benzene rings is 2. The van der Waals surface area contributed by atoms with Crippen LogP contribution in [0.3, 0.4) is 0 Å². The van der Waals surface area contributed by atoms with Gasteiger partial charge in [-0.2, -0.15) is 0 Å². The first-order valence-corrected chi connectivity index (χ1v) is 10.3. The monoisotopic (exact) mass is 440 g/mol. The molecule has 0 saturated heterocycles. The average molecular weight is 440 g/mol. The number of nitrogens with one attached hydrogen (secondary N) is 1. The number of carbonyl (C=O) groups excluding carboxylic acids is 3. The topological polar surface area (TPSA) is 103 Å². The lowest BCUT2D eigenvalue weighted by Gasteiger charge is -2.22. The van der Waals surface area contributed by atoms with E-state index < -0.39 is 11.9 Å². The van der Waals surface area contributed by atoms with E-state index in [9.17, 15) is 14.4 Å². The number of carbonyl (C=O) groups is 3. The molecular formula is C23H24N2O7. The summed E-state index contributed by atoms with van der Waals surface area (Å²) in [6.07, 6.45) is 1.86. The molecule has 1 fully saturated rings. The first kappa shape index (κ1) is 21.5. The van der Waals surface area contributed by atoms with Crippen LogP contribution in [0.15, 0.2) is 42.5 Å². The normalized spacial score (nSPS) is 13.9. The lowest BCUT2D eigenvalue weighted by Crippen LogP contribution is -2.37. The fourth-order valence-corrected chi connectivity index (χ4v) is 3.30. The molecule has 2 aliphatic rings. The molecule has 0 unspecified atom stereocenters. The van der Waals surface area contributed by atoms with Crippen molar-refractivity contribution >= 4 is 17.8 Å². The van der Waals surface area contributed by atoms with Gasteiger partial charge in [-0.1, -0.05) is 12.1 Å². The Morgan fingerprint density at radius 1 is 1.06 bits per heavy atom. The highest BCUT2D eigenvalue weighted by molar-refractivity contribution is 5.96. The summed E-state index contributed by atoms with van der Waals surface area (Å²) in [6.45, 7) is -0.170. The van der Waals surface area contributed by atoms with E-state index in [2.05, 4.69) is 5.32 Å². The summed E-state index contributed by atoms with van der Waals surface area (Å²) in [5, 5.41) is 2.48. The molecule has 2 aromatic carbocycles. The second-order valence-electron chi connectivity index (χ2n) is 7.51. The average Bonchev–Trinajstić information content (AvgIpc) is 3.55. The van der Waals surface area contributed by atoms with Gasteiger partial charge in [0, 0.05) is 18.2 Å². The largest absolute Gasteiger partial charge is 0.497 e. The SMILES string of the molecule is COc1ccc(CN(C(=O)COC(=O)CNC(=O)c2ccc3c(c2)OCO3)C2CC2)cc1. The Hall–Kier alpha value is -3.75. The van der Waals surface area contributed by atoms with Crippen LogP contribution in [0.5, 0.6) is 17.2 Å². The molecule has 2 amide bonds. The predicted molar refractivity (Wildman–Crippen MR) is 112 cm³/mol. The number of rotatable bonds is 9. The van der Waals surface area contributed by atoms with Crippen LogP contribution in [0, 0.1) is 0 Å². The highest BCUT2D eigenvalue weighted by Crippen LogP contribution is 2.32. The summed E-state index contributed by atoms with van der Waals surface area (Å²) in [4.78, 5) is 38.6. The Kier molecular flexibility index (Phi) is 6.44. The molecule has 0 radical (unpaired) electrons. The van der Waals surface area contributed by atoms with E-state index in [1.54, 1.807) is 30.2 Å². The number of hydrogen-bond donors (Lipinski definition) is 1. The van der Waals surface area contributed by atoms with Gasteiger partial charge < -0.3 is 29.2 Å². The molecule has 1 aliphatic heterocycles. The Morgan fingerprint density at radius 3 is 2.53 bits per heavy atom. The third kappa shape index (κ3) is 5.29. The minimum Gasteiger partial charge on any atom is -0.497 e. The number of esters is 1. The number of hydrogen-bond acceptors (Lipinski definition) is 7. The van der Waals surface area contributed by atoms with Gasteiger partial charge in [0.05, 0.1) is 7.11 Å². The van der Waals surface area contributed by atoms with Gasteiger partial charge in [0.25, 0.3) is 11.8 Å². The van der Waals surface area contributed by atoms with Crippen molar-refractivity contribution in [2.75, 3.05) is 27.1 Å². The molecule has 4 rings (SSSR count). The van der Waals surface area contributed by atoms with Crippen LogP contribution in [0.4, 0.5) is 0 Å². The van der Waals surface area contributed by atoms with Crippen molar-refractivity contribution in [2.45, 2.75) is 25.4 Å². The van der Waals surface area contributed by atoms with Crippen molar-refractivity contribution in [3.8, 4) is 17.2 Å². The molecule has 2 aromatic rings. The zero-order chi connectivity index (χ0) is 22.5. The smallest absolute Gasteiger partial charge is 0.325 e. The van der Waals surface area contributed by atoms with E-state index in [-0.39, 0.29) is 31.9 Å². The summed E-state index contributed by atoms with van der Waals surface area (Å²) in [5.74, 6) is 0.379. The summed E-state index contributed by atoms with van der Waals surface area (Å²) in [6, 6.07) is 12.4. The zero-order valence-corrected chi connectivity index (χ0v) is 17.7. The maximum atomic E-state index is 12.6. The molecule has 0 atom stereocenters. The second-order valence-corrected chi connectivity index (χ2v) is 7.51. The molecule has 9 nitrogen and oxygen atoms in total. The lowest BCUT2D eigenvalue weighted by molar-refractivity contribution is -0.151. The fraction of sp³-hybridized carbons (Fsp3) is 0.348. The van der Waals surface area contributed by atoms with Gasteiger partial charge in [-0.3, -0.25) is 14.4 Å². The maximum Gasteiger partial charge on any atom is 0.325 e. The van der Waals surface area contributed by atoms with E-state index in [1.807, 2.05) is 24.3 Å². The van der Waals surface area contributed by atoms with Crippen molar-refractivity contribution in [1.82, 2.24) is 10.2 Å². The Morgan fingerprint density at radius 2 is 1.81 bits per heavy atom. The first-order chi connectivity index (χ1) is 15.5. The predicted octanol–water partition coefficient (Wildman–Crippen LogP) is 1.89. The van der Waals surface area contributed by atoms with Gasteiger partial charge in [0.15, 0.2) is 18.1 Å². The van der Waals surface area contributed by atoms with Gasteiger partial charge >= 0.3 is 5.97 Å². The van der Waals surface area contributed by atoms with Crippen LogP contribution < -0.4 is 19.5 Å². The second kappa shape index (κ2) is 9.59. The molecule has 1 saturated carbocycles. The number of methoxy groups -OCH3 is 1. The van der Waals surface area contributed by atoms with Gasteiger partial charge in [-0.15, -0.1) is 0 Å². The summed E-state index contributed by atoms with van der Waals surface area (Å²) in [5.41, 5.74) is 1.30. The fourth-order valence-electron chi connectivity index (χ4n) is 3.30. The minimum absolute atomic E-state index is 0.108. The Balaban J connectivity index is 1.24. The van der Waals surface area contributed by atoms with Gasteiger partial charge in [-0.05, 0) is 48.7 Å². The van der Waals surface area contributed by atoms with Crippen LogP contribution >= 0.6 is 0 Å². The zero-order valence-electron chi connectivity index (χ0n) is 17.7. The van der Waals surface area contributed by atoms with Gasteiger partial charge in [0.2, 0.25) is 6.79 Å². The van der Waals surface area contributed by atoms with Crippen molar-refractivity contribution in [3.05, 3.63) is 53.6 Å². The molecule has 1 heterocycles.